The van der Waals surface area contributed by atoms with Crippen molar-refractivity contribution in [3.63, 3.8) is 0 Å². The van der Waals surface area contributed by atoms with Gasteiger partial charge in [-0.05, 0) is 40.9 Å². The van der Waals surface area contributed by atoms with Crippen molar-refractivity contribution in [2.45, 2.75) is 96.1 Å². The van der Waals surface area contributed by atoms with Gasteiger partial charge in [-0.2, -0.15) is 0 Å². The van der Waals surface area contributed by atoms with Crippen molar-refractivity contribution in [3.05, 3.63) is 65.2 Å². The Morgan fingerprint density at radius 3 is 2.24 bits per heavy atom. The largest absolute Gasteiger partial charge is 0.496 e. The molecule has 2 aliphatic heterocycles. The van der Waals surface area contributed by atoms with E-state index < -0.39 is 56.4 Å². The maximum atomic E-state index is 14.3. The van der Waals surface area contributed by atoms with Crippen LogP contribution in [0.1, 0.15) is 83.5 Å². The number of nitrogens with zero attached hydrogens (tertiary/aromatic N) is 1. The van der Waals surface area contributed by atoms with Crippen LogP contribution in [0.25, 0.3) is 0 Å². The van der Waals surface area contributed by atoms with Crippen LogP contribution in [-0.4, -0.2) is 60.5 Å². The van der Waals surface area contributed by atoms with E-state index in [0.29, 0.717) is 25.1 Å². The van der Waals surface area contributed by atoms with E-state index in [4.69, 9.17) is 4.74 Å². The number of amides is 1. The van der Waals surface area contributed by atoms with E-state index in [2.05, 4.69) is 32.2 Å². The number of carbonyl (C=O) groups is 2. The highest BCUT2D eigenvalue weighted by atomic mass is 32.2. The molecular formula is C33H46N2O6S. The van der Waals surface area contributed by atoms with Crippen LogP contribution in [0.3, 0.4) is 0 Å². The molecule has 0 saturated carbocycles. The van der Waals surface area contributed by atoms with E-state index in [1.54, 1.807) is 7.11 Å². The summed E-state index contributed by atoms with van der Waals surface area (Å²) in [6.45, 7) is 12.8. The van der Waals surface area contributed by atoms with E-state index in [1.807, 2.05) is 63.2 Å². The second-order valence-electron chi connectivity index (χ2n) is 13.8. The summed E-state index contributed by atoms with van der Waals surface area (Å²) in [6, 6.07) is 13.1. The summed E-state index contributed by atoms with van der Waals surface area (Å²) < 4.78 is 31.9. The minimum atomic E-state index is -3.69. The topological polar surface area (TPSA) is 113 Å². The molecule has 1 unspecified atom stereocenters. The average molecular weight is 599 g/mol. The zero-order valence-electron chi connectivity index (χ0n) is 25.9. The van der Waals surface area contributed by atoms with Crippen LogP contribution in [0.2, 0.25) is 0 Å². The molecule has 2 aromatic carbocycles. The summed E-state index contributed by atoms with van der Waals surface area (Å²) in [6.07, 6.45) is 1.34. The fraction of sp³-hybridized carbons (Fsp3) is 0.576. The molecule has 2 N–H and O–H groups in total. The normalized spacial score (nSPS) is 26.2. The highest BCUT2D eigenvalue weighted by Gasteiger charge is 2.59. The molecule has 0 aromatic heterocycles. The van der Waals surface area contributed by atoms with Crippen LogP contribution < -0.4 is 10.1 Å². The van der Waals surface area contributed by atoms with Gasteiger partial charge >= 0.3 is 5.97 Å². The van der Waals surface area contributed by atoms with Crippen molar-refractivity contribution < 1.29 is 27.9 Å². The van der Waals surface area contributed by atoms with Crippen molar-refractivity contribution in [3.8, 4) is 5.75 Å². The van der Waals surface area contributed by atoms with Gasteiger partial charge in [0.05, 0.1) is 18.9 Å². The predicted octanol–water partition coefficient (Wildman–Crippen LogP) is 5.12. The predicted molar refractivity (Wildman–Crippen MR) is 164 cm³/mol. The standard InChI is InChI=1S/C33H46N2O6S/c1-32(2,3)23-16-17-24(41-7)22(19-23)20-34-27-26(33(4,5)6)29(31(37)38)35(28(27)21-13-9-8-10-14-21)30(36)25-15-11-12-18-42(25,39)40/h8-10,13-14,16-17,19,25-29,34H,11-12,15,18,20H2,1-7H3,(H,37,38)/t25?,26-,27-,28-,29-/m0/s1. The molecule has 2 aliphatic rings. The molecule has 42 heavy (non-hydrogen) atoms. The van der Waals surface area contributed by atoms with Gasteiger partial charge in [0.15, 0.2) is 9.84 Å². The van der Waals surface area contributed by atoms with E-state index >= 15 is 0 Å². The number of carboxylic acids is 1. The molecule has 0 bridgehead atoms. The molecular weight excluding hydrogens is 552 g/mol. The number of ether oxygens (including phenoxy) is 1. The molecule has 230 valence electrons. The van der Waals surface area contributed by atoms with Crippen molar-refractivity contribution in [2.75, 3.05) is 12.9 Å². The monoisotopic (exact) mass is 598 g/mol. The van der Waals surface area contributed by atoms with E-state index in [1.165, 1.54) is 4.90 Å². The number of carbonyl (C=O) groups excluding carboxylic acids is 1. The third-order valence-corrected chi connectivity index (χ3v) is 11.0. The summed E-state index contributed by atoms with van der Waals surface area (Å²) in [4.78, 5) is 28.8. The maximum absolute atomic E-state index is 14.3. The first-order valence-corrected chi connectivity index (χ1v) is 16.5. The first-order chi connectivity index (χ1) is 19.6. The van der Waals surface area contributed by atoms with Gasteiger partial charge in [-0.1, -0.05) is 90.4 Å². The molecule has 9 heteroatoms. The number of methoxy groups -OCH3 is 1. The van der Waals surface area contributed by atoms with Gasteiger partial charge < -0.3 is 20.1 Å². The molecule has 2 saturated heterocycles. The van der Waals surface area contributed by atoms with Gasteiger partial charge in [-0.3, -0.25) is 4.79 Å². The first kappa shape index (κ1) is 32.0. The van der Waals surface area contributed by atoms with Gasteiger partial charge in [0.1, 0.15) is 17.0 Å². The number of hydrogen-bond acceptors (Lipinski definition) is 6. The number of likely N-dealkylation sites (tertiary alicyclic amines) is 1. The lowest BCUT2D eigenvalue weighted by atomic mass is 9.72. The van der Waals surface area contributed by atoms with Gasteiger partial charge in [0.25, 0.3) is 0 Å². The summed E-state index contributed by atoms with van der Waals surface area (Å²) in [5.74, 6) is -1.60. The molecule has 1 amide bonds. The van der Waals surface area contributed by atoms with Crippen molar-refractivity contribution >= 4 is 21.7 Å². The molecule has 4 rings (SSSR count). The fourth-order valence-corrected chi connectivity index (χ4v) is 8.58. The Morgan fingerprint density at radius 1 is 1.02 bits per heavy atom. The molecule has 2 aromatic rings. The van der Waals surface area contributed by atoms with E-state index in [-0.39, 0.29) is 17.6 Å². The number of benzene rings is 2. The molecule has 0 spiro atoms. The van der Waals surface area contributed by atoms with Crippen molar-refractivity contribution in [2.24, 2.45) is 11.3 Å². The highest BCUT2D eigenvalue weighted by molar-refractivity contribution is 7.92. The van der Waals surface area contributed by atoms with Gasteiger partial charge in [-0.15, -0.1) is 0 Å². The molecule has 8 nitrogen and oxygen atoms in total. The molecule has 0 aliphatic carbocycles. The number of rotatable bonds is 7. The van der Waals surface area contributed by atoms with Gasteiger partial charge in [-0.25, -0.2) is 13.2 Å². The summed E-state index contributed by atoms with van der Waals surface area (Å²) in [5, 5.41) is 13.1. The molecule has 0 radical (unpaired) electrons. The Balaban J connectivity index is 1.85. The minimum absolute atomic E-state index is 0.0563. The SMILES string of the molecule is COc1ccc(C(C)(C)C)cc1CN[C@H]1[C@H](C(C)(C)C)[C@@H](C(=O)O)N(C(=O)C2CCCCS2(=O)=O)[C@H]1c1ccccc1. The van der Waals surface area contributed by atoms with Gasteiger partial charge in [0, 0.05) is 24.1 Å². The van der Waals surface area contributed by atoms with E-state index in [0.717, 1.165) is 16.7 Å². The lowest BCUT2D eigenvalue weighted by Gasteiger charge is -2.36. The van der Waals surface area contributed by atoms with Crippen LogP contribution in [0, 0.1) is 11.3 Å². The second kappa shape index (κ2) is 12.0. The third kappa shape index (κ3) is 6.37. The quantitative estimate of drug-likeness (QED) is 0.455. The summed E-state index contributed by atoms with van der Waals surface area (Å²) in [5.41, 5.74) is 2.21. The van der Waals surface area contributed by atoms with Crippen LogP contribution >= 0.6 is 0 Å². The third-order valence-electron chi connectivity index (χ3n) is 8.84. The smallest absolute Gasteiger partial charge is 0.326 e. The summed E-state index contributed by atoms with van der Waals surface area (Å²) in [7, 11) is -2.06. The Bertz CT molecular complexity index is 1390. The van der Waals surface area contributed by atoms with Gasteiger partial charge in [0.2, 0.25) is 5.91 Å². The first-order valence-electron chi connectivity index (χ1n) is 14.8. The Kier molecular flexibility index (Phi) is 9.14. The zero-order valence-corrected chi connectivity index (χ0v) is 26.7. The Hall–Kier alpha value is -2.91. The van der Waals surface area contributed by atoms with Crippen molar-refractivity contribution in [1.82, 2.24) is 10.2 Å². The molecule has 2 heterocycles. The Labute approximate surface area is 250 Å². The second-order valence-corrected chi connectivity index (χ2v) is 16.1. The number of aliphatic carboxylic acids is 1. The lowest BCUT2D eigenvalue weighted by molar-refractivity contribution is -0.152. The van der Waals surface area contributed by atoms with Crippen LogP contribution in [0.15, 0.2) is 48.5 Å². The number of carboxylic acid groups (broad SMARTS) is 1. The fourth-order valence-electron chi connectivity index (χ4n) is 6.74. The van der Waals surface area contributed by atoms with Crippen LogP contribution in [-0.2, 0) is 31.4 Å². The molecule has 5 atom stereocenters. The maximum Gasteiger partial charge on any atom is 0.326 e. The number of sulfone groups is 1. The lowest BCUT2D eigenvalue weighted by Crippen LogP contribution is -2.52. The van der Waals surface area contributed by atoms with Crippen LogP contribution in [0.4, 0.5) is 0 Å². The summed E-state index contributed by atoms with van der Waals surface area (Å²) >= 11 is 0. The van der Waals surface area contributed by atoms with Crippen LogP contribution in [0.5, 0.6) is 5.75 Å². The van der Waals surface area contributed by atoms with E-state index in [9.17, 15) is 23.1 Å². The number of hydrogen-bond donors (Lipinski definition) is 2. The zero-order chi connectivity index (χ0) is 31.0. The highest BCUT2D eigenvalue weighted by Crippen LogP contribution is 2.49. The average Bonchev–Trinajstić information content (AvgIpc) is 3.27. The molecule has 2 fully saturated rings. The Morgan fingerprint density at radius 2 is 1.69 bits per heavy atom. The minimum Gasteiger partial charge on any atom is -0.496 e. The van der Waals surface area contributed by atoms with Crippen molar-refractivity contribution in [1.29, 1.82) is 0 Å². The number of nitrogens with one attached hydrogen (secondary N) is 1.